The van der Waals surface area contributed by atoms with Crippen molar-refractivity contribution in [3.05, 3.63) is 18.0 Å². The average Bonchev–Trinajstić information content (AvgIpc) is 2.69. The van der Waals surface area contributed by atoms with E-state index in [1.165, 1.54) is 18.4 Å². The Morgan fingerprint density at radius 2 is 1.59 bits per heavy atom. The number of ether oxygens (including phenoxy) is 2. The fraction of sp³-hybridized carbons (Fsp3) is 0.800. The third-order valence-corrected chi connectivity index (χ3v) is 5.91. The predicted molar refractivity (Wildman–Crippen MR) is 105 cm³/mol. The van der Waals surface area contributed by atoms with Gasteiger partial charge in [0.25, 0.3) is 0 Å². The van der Waals surface area contributed by atoms with Gasteiger partial charge in [0.05, 0.1) is 25.4 Å². The molecule has 27 heavy (non-hydrogen) atoms. The Balaban J connectivity index is 1.25. The Morgan fingerprint density at radius 1 is 0.963 bits per heavy atom. The van der Waals surface area contributed by atoms with Crippen LogP contribution in [0.15, 0.2) is 12.4 Å². The SMILES string of the molecule is C[C@@H]1CN(C2CCN(Cc3cnc(N4CCOCC4)nc3)CC2)C[C@@H](C)O1. The van der Waals surface area contributed by atoms with Gasteiger partial charge in [-0.3, -0.25) is 9.80 Å². The third kappa shape index (κ3) is 4.96. The molecule has 1 aromatic heterocycles. The lowest BCUT2D eigenvalue weighted by Crippen LogP contribution is -2.53. The number of morpholine rings is 2. The van der Waals surface area contributed by atoms with Crippen LogP contribution >= 0.6 is 0 Å². The van der Waals surface area contributed by atoms with E-state index < -0.39 is 0 Å². The molecule has 0 aliphatic carbocycles. The van der Waals surface area contributed by atoms with Gasteiger partial charge in [0, 0.05) is 56.7 Å². The highest BCUT2D eigenvalue weighted by Crippen LogP contribution is 2.22. The molecule has 3 aliphatic heterocycles. The molecule has 3 saturated heterocycles. The van der Waals surface area contributed by atoms with Gasteiger partial charge >= 0.3 is 0 Å². The Morgan fingerprint density at radius 3 is 2.22 bits per heavy atom. The van der Waals surface area contributed by atoms with Crippen molar-refractivity contribution in [2.24, 2.45) is 0 Å². The summed E-state index contributed by atoms with van der Waals surface area (Å²) < 4.78 is 11.3. The molecule has 2 atom stereocenters. The lowest BCUT2D eigenvalue weighted by Gasteiger charge is -2.43. The van der Waals surface area contributed by atoms with E-state index in [0.717, 1.165) is 65.0 Å². The van der Waals surface area contributed by atoms with Crippen molar-refractivity contribution >= 4 is 5.95 Å². The monoisotopic (exact) mass is 375 g/mol. The summed E-state index contributed by atoms with van der Waals surface area (Å²) in [6.45, 7) is 13.1. The van der Waals surface area contributed by atoms with E-state index in [2.05, 4.69) is 38.5 Å². The fourth-order valence-corrected chi connectivity index (χ4v) is 4.57. The molecular formula is C20H33N5O2. The van der Waals surface area contributed by atoms with Crippen molar-refractivity contribution in [3.63, 3.8) is 0 Å². The summed E-state index contributed by atoms with van der Waals surface area (Å²) >= 11 is 0. The molecule has 4 heterocycles. The van der Waals surface area contributed by atoms with Crippen LogP contribution in [0.5, 0.6) is 0 Å². The van der Waals surface area contributed by atoms with E-state index in [0.29, 0.717) is 18.2 Å². The van der Waals surface area contributed by atoms with E-state index >= 15 is 0 Å². The molecular weight excluding hydrogens is 342 g/mol. The molecule has 0 bridgehead atoms. The second-order valence-corrected chi connectivity index (χ2v) is 8.21. The first kappa shape index (κ1) is 19.1. The minimum atomic E-state index is 0.355. The van der Waals surface area contributed by atoms with Gasteiger partial charge in [0.15, 0.2) is 0 Å². The van der Waals surface area contributed by atoms with Crippen molar-refractivity contribution in [1.82, 2.24) is 19.8 Å². The number of hydrogen-bond donors (Lipinski definition) is 0. The molecule has 0 saturated carbocycles. The molecule has 7 nitrogen and oxygen atoms in total. The van der Waals surface area contributed by atoms with Gasteiger partial charge in [-0.1, -0.05) is 0 Å². The molecule has 3 aliphatic rings. The Bertz CT molecular complexity index is 575. The first-order chi connectivity index (χ1) is 13.2. The molecule has 150 valence electrons. The highest BCUT2D eigenvalue weighted by atomic mass is 16.5. The summed E-state index contributed by atoms with van der Waals surface area (Å²) in [6, 6.07) is 0.704. The Hall–Kier alpha value is -1.28. The lowest BCUT2D eigenvalue weighted by atomic mass is 10.0. The van der Waals surface area contributed by atoms with Crippen LogP contribution < -0.4 is 4.90 Å². The van der Waals surface area contributed by atoms with Crippen LogP contribution in [0.4, 0.5) is 5.95 Å². The summed E-state index contributed by atoms with van der Waals surface area (Å²) in [5.74, 6) is 0.830. The Kier molecular flexibility index (Phi) is 6.22. The number of nitrogens with zero attached hydrogens (tertiary/aromatic N) is 5. The van der Waals surface area contributed by atoms with E-state index in [-0.39, 0.29) is 0 Å². The number of rotatable bonds is 4. The second kappa shape index (κ2) is 8.82. The second-order valence-electron chi connectivity index (χ2n) is 8.21. The summed E-state index contributed by atoms with van der Waals surface area (Å²) in [5, 5.41) is 0. The van der Waals surface area contributed by atoms with Crippen molar-refractivity contribution < 1.29 is 9.47 Å². The fourth-order valence-electron chi connectivity index (χ4n) is 4.57. The van der Waals surface area contributed by atoms with E-state index in [9.17, 15) is 0 Å². The molecule has 7 heteroatoms. The number of piperidine rings is 1. The molecule has 0 amide bonds. The molecule has 0 unspecified atom stereocenters. The van der Waals surface area contributed by atoms with Crippen molar-refractivity contribution in [1.29, 1.82) is 0 Å². The van der Waals surface area contributed by atoms with Crippen molar-refractivity contribution in [2.75, 3.05) is 57.4 Å². The maximum Gasteiger partial charge on any atom is 0.225 e. The molecule has 0 spiro atoms. The van der Waals surface area contributed by atoms with Crippen LogP contribution in [0.3, 0.4) is 0 Å². The third-order valence-electron chi connectivity index (χ3n) is 5.91. The van der Waals surface area contributed by atoms with Crippen molar-refractivity contribution in [2.45, 2.75) is 51.5 Å². The zero-order chi connectivity index (χ0) is 18.6. The average molecular weight is 376 g/mol. The lowest BCUT2D eigenvalue weighted by molar-refractivity contribution is -0.0865. The highest BCUT2D eigenvalue weighted by molar-refractivity contribution is 5.30. The first-order valence-electron chi connectivity index (χ1n) is 10.4. The van der Waals surface area contributed by atoms with Crippen LogP contribution in [0.2, 0.25) is 0 Å². The predicted octanol–water partition coefficient (Wildman–Crippen LogP) is 1.39. The van der Waals surface area contributed by atoms with Crippen LogP contribution in [-0.4, -0.2) is 90.5 Å². The quantitative estimate of drug-likeness (QED) is 0.788. The number of hydrogen-bond acceptors (Lipinski definition) is 7. The molecule has 3 fully saturated rings. The number of anilines is 1. The zero-order valence-electron chi connectivity index (χ0n) is 16.7. The van der Waals surface area contributed by atoms with E-state index in [1.807, 2.05) is 12.4 Å². The molecule has 0 aromatic carbocycles. The van der Waals surface area contributed by atoms with Crippen molar-refractivity contribution in [3.8, 4) is 0 Å². The number of aromatic nitrogens is 2. The van der Waals surface area contributed by atoms with Gasteiger partial charge < -0.3 is 14.4 Å². The maximum absolute atomic E-state index is 5.88. The van der Waals surface area contributed by atoms with Gasteiger partial charge in [0.2, 0.25) is 5.95 Å². The smallest absolute Gasteiger partial charge is 0.225 e. The number of likely N-dealkylation sites (tertiary alicyclic amines) is 1. The zero-order valence-corrected chi connectivity index (χ0v) is 16.7. The molecule has 0 radical (unpaired) electrons. The first-order valence-corrected chi connectivity index (χ1v) is 10.4. The summed E-state index contributed by atoms with van der Waals surface area (Å²) in [4.78, 5) is 16.6. The molecule has 4 rings (SSSR count). The van der Waals surface area contributed by atoms with Gasteiger partial charge in [-0.05, 0) is 39.8 Å². The topological polar surface area (TPSA) is 54.0 Å². The largest absolute Gasteiger partial charge is 0.378 e. The van der Waals surface area contributed by atoms with Gasteiger partial charge in [-0.25, -0.2) is 9.97 Å². The highest BCUT2D eigenvalue weighted by Gasteiger charge is 2.30. The summed E-state index contributed by atoms with van der Waals surface area (Å²) in [7, 11) is 0. The standard InChI is InChI=1S/C20H33N5O2/c1-16-13-25(14-17(2)27-16)19-3-5-23(6-4-19)15-18-11-21-20(22-12-18)24-7-9-26-10-8-24/h11-12,16-17,19H,3-10,13-15H2,1-2H3/t16-,17-/m1/s1. The molecule has 1 aromatic rings. The summed E-state index contributed by atoms with van der Waals surface area (Å²) in [6.07, 6.45) is 7.19. The Labute approximate surface area is 162 Å². The van der Waals surface area contributed by atoms with E-state index in [4.69, 9.17) is 9.47 Å². The van der Waals surface area contributed by atoms with Crippen LogP contribution in [0, 0.1) is 0 Å². The van der Waals surface area contributed by atoms with Crippen LogP contribution in [-0.2, 0) is 16.0 Å². The summed E-state index contributed by atoms with van der Waals surface area (Å²) in [5.41, 5.74) is 1.21. The van der Waals surface area contributed by atoms with Crippen LogP contribution in [0.25, 0.3) is 0 Å². The van der Waals surface area contributed by atoms with E-state index in [1.54, 1.807) is 0 Å². The normalized spacial score (nSPS) is 29.2. The minimum Gasteiger partial charge on any atom is -0.378 e. The minimum absolute atomic E-state index is 0.355. The van der Waals surface area contributed by atoms with Gasteiger partial charge in [0.1, 0.15) is 0 Å². The van der Waals surface area contributed by atoms with Gasteiger partial charge in [-0.2, -0.15) is 0 Å². The molecule has 0 N–H and O–H groups in total. The van der Waals surface area contributed by atoms with Gasteiger partial charge in [-0.15, -0.1) is 0 Å². The van der Waals surface area contributed by atoms with Crippen LogP contribution in [0.1, 0.15) is 32.3 Å². The maximum atomic E-state index is 5.88.